The molecule has 0 saturated carbocycles. The zero-order chi connectivity index (χ0) is 12.5. The Morgan fingerprint density at radius 1 is 1.33 bits per heavy atom. The van der Waals surface area contributed by atoms with E-state index in [1.807, 2.05) is 12.1 Å². The molecule has 1 N–H and O–H groups in total. The van der Waals surface area contributed by atoms with Crippen LogP contribution in [0.1, 0.15) is 12.6 Å². The van der Waals surface area contributed by atoms with Gasteiger partial charge in [-0.3, -0.25) is 15.1 Å². The van der Waals surface area contributed by atoms with Crippen molar-refractivity contribution < 1.29 is 0 Å². The van der Waals surface area contributed by atoms with Gasteiger partial charge in [0.2, 0.25) is 0 Å². The minimum atomic E-state index is 0.715. The molecule has 0 saturated heterocycles. The summed E-state index contributed by atoms with van der Waals surface area (Å²) in [5, 5.41) is 3.18. The first-order valence-electron chi connectivity index (χ1n) is 5.66. The number of hydrogen-bond acceptors (Lipinski definition) is 4. The predicted octanol–water partition coefficient (Wildman–Crippen LogP) is 2.41. The van der Waals surface area contributed by atoms with Crippen LogP contribution in [0.5, 0.6) is 0 Å². The monoisotopic (exact) mass is 257 g/mol. The number of fused-ring (bicyclic) bond motifs is 1. The molecule has 6 heteroatoms. The minimum absolute atomic E-state index is 0.715. The molecule has 0 aliphatic rings. The zero-order valence-electron chi connectivity index (χ0n) is 9.79. The van der Waals surface area contributed by atoms with E-state index in [2.05, 4.69) is 27.0 Å². The third-order valence-electron chi connectivity index (χ3n) is 2.70. The first kappa shape index (κ1) is 11.0. The van der Waals surface area contributed by atoms with Crippen LogP contribution < -0.4 is 0 Å². The van der Waals surface area contributed by atoms with Crippen LogP contribution in [0, 0.1) is 4.64 Å². The number of nitrogens with one attached hydrogen (secondary N) is 1. The van der Waals surface area contributed by atoms with Crippen molar-refractivity contribution in [2.24, 2.45) is 0 Å². The van der Waals surface area contributed by atoms with Gasteiger partial charge in [0.15, 0.2) is 5.65 Å². The van der Waals surface area contributed by atoms with Gasteiger partial charge in [-0.05, 0) is 12.5 Å². The molecule has 3 aromatic heterocycles. The Kier molecular flexibility index (Phi) is 2.64. The Bertz CT molecular complexity index is 744. The largest absolute Gasteiger partial charge is 0.289 e. The SMILES string of the molecule is CCc1cc(=S)n2[nH]c(-c3cnccn3)cc2n1. The van der Waals surface area contributed by atoms with Gasteiger partial charge in [0.25, 0.3) is 0 Å². The smallest absolute Gasteiger partial charge is 0.155 e. The second-order valence-corrected chi connectivity index (χ2v) is 4.31. The molecule has 0 amide bonds. The lowest BCUT2D eigenvalue weighted by Crippen LogP contribution is -1.96. The molecule has 0 aliphatic carbocycles. The van der Waals surface area contributed by atoms with Crippen molar-refractivity contribution in [2.75, 3.05) is 0 Å². The summed E-state index contributed by atoms with van der Waals surface area (Å²) in [5.74, 6) is 0. The maximum atomic E-state index is 5.33. The molecule has 0 radical (unpaired) electrons. The summed E-state index contributed by atoms with van der Waals surface area (Å²) < 4.78 is 2.49. The standard InChI is InChI=1S/C12H11N5S/c1-2-8-5-12(18)17-11(15-8)6-9(16-17)10-7-13-3-4-14-10/h3-7,16H,2H2,1H3. The van der Waals surface area contributed by atoms with Crippen LogP contribution in [0.2, 0.25) is 0 Å². The fourth-order valence-electron chi connectivity index (χ4n) is 1.79. The lowest BCUT2D eigenvalue weighted by molar-refractivity contribution is 0.899. The van der Waals surface area contributed by atoms with Crippen molar-refractivity contribution in [3.05, 3.63) is 41.1 Å². The lowest BCUT2D eigenvalue weighted by Gasteiger charge is -1.97. The van der Waals surface area contributed by atoms with Crippen molar-refractivity contribution in [2.45, 2.75) is 13.3 Å². The van der Waals surface area contributed by atoms with Gasteiger partial charge in [-0.1, -0.05) is 19.1 Å². The number of nitrogens with zero attached hydrogens (tertiary/aromatic N) is 4. The van der Waals surface area contributed by atoms with Gasteiger partial charge in [0, 0.05) is 24.2 Å². The van der Waals surface area contributed by atoms with Gasteiger partial charge in [-0.2, -0.15) is 0 Å². The highest BCUT2D eigenvalue weighted by Gasteiger charge is 2.06. The highest BCUT2D eigenvalue weighted by molar-refractivity contribution is 7.71. The number of aryl methyl sites for hydroxylation is 1. The van der Waals surface area contributed by atoms with Gasteiger partial charge in [0.05, 0.1) is 11.9 Å². The van der Waals surface area contributed by atoms with Gasteiger partial charge in [-0.15, -0.1) is 0 Å². The average molecular weight is 257 g/mol. The molecule has 0 fully saturated rings. The summed E-state index contributed by atoms with van der Waals surface area (Å²) in [7, 11) is 0. The first-order valence-corrected chi connectivity index (χ1v) is 6.07. The van der Waals surface area contributed by atoms with E-state index >= 15 is 0 Å². The summed E-state index contributed by atoms with van der Waals surface area (Å²) in [6, 6.07) is 3.83. The van der Waals surface area contributed by atoms with Crippen LogP contribution in [-0.4, -0.2) is 24.6 Å². The van der Waals surface area contributed by atoms with Gasteiger partial charge in [-0.25, -0.2) is 9.50 Å². The molecule has 0 unspecified atom stereocenters. The molecule has 0 aromatic carbocycles. The third-order valence-corrected chi connectivity index (χ3v) is 3.01. The van der Waals surface area contributed by atoms with Crippen molar-refractivity contribution in [3.8, 4) is 11.4 Å². The maximum absolute atomic E-state index is 5.33. The van der Waals surface area contributed by atoms with Crippen LogP contribution >= 0.6 is 12.2 Å². The molecule has 3 aromatic rings. The average Bonchev–Trinajstić information content (AvgIpc) is 2.84. The quantitative estimate of drug-likeness (QED) is 0.716. The minimum Gasteiger partial charge on any atom is -0.289 e. The fourth-order valence-corrected chi connectivity index (χ4v) is 2.07. The highest BCUT2D eigenvalue weighted by Crippen LogP contribution is 2.16. The van der Waals surface area contributed by atoms with Crippen LogP contribution in [0.3, 0.4) is 0 Å². The van der Waals surface area contributed by atoms with Crippen LogP contribution in [0.25, 0.3) is 17.0 Å². The Morgan fingerprint density at radius 3 is 2.94 bits per heavy atom. The van der Waals surface area contributed by atoms with Crippen LogP contribution in [0.4, 0.5) is 0 Å². The summed E-state index contributed by atoms with van der Waals surface area (Å²) in [6.07, 6.45) is 5.87. The maximum Gasteiger partial charge on any atom is 0.155 e. The lowest BCUT2D eigenvalue weighted by atomic mass is 10.3. The number of aromatic amines is 1. The van der Waals surface area contributed by atoms with Gasteiger partial charge >= 0.3 is 0 Å². The summed E-state index contributed by atoms with van der Waals surface area (Å²) >= 11 is 5.33. The van der Waals surface area contributed by atoms with E-state index in [1.165, 1.54) is 0 Å². The summed E-state index contributed by atoms with van der Waals surface area (Å²) in [6.45, 7) is 2.06. The molecule has 0 bridgehead atoms. The van der Waals surface area contributed by atoms with Crippen molar-refractivity contribution in [1.82, 2.24) is 24.6 Å². The van der Waals surface area contributed by atoms with Crippen molar-refractivity contribution >= 4 is 17.9 Å². The van der Waals surface area contributed by atoms with E-state index in [9.17, 15) is 0 Å². The highest BCUT2D eigenvalue weighted by atomic mass is 32.1. The molecule has 5 nitrogen and oxygen atoms in total. The van der Waals surface area contributed by atoms with E-state index in [4.69, 9.17) is 12.2 Å². The molecule has 18 heavy (non-hydrogen) atoms. The number of H-pyrrole nitrogens is 1. The molecule has 3 rings (SSSR count). The van der Waals surface area contributed by atoms with Gasteiger partial charge < -0.3 is 0 Å². The predicted molar refractivity (Wildman–Crippen MR) is 70.8 cm³/mol. The normalized spacial score (nSPS) is 10.9. The Labute approximate surface area is 109 Å². The molecule has 0 spiro atoms. The van der Waals surface area contributed by atoms with E-state index < -0.39 is 0 Å². The summed E-state index contributed by atoms with van der Waals surface area (Å²) in [5.41, 5.74) is 3.43. The zero-order valence-corrected chi connectivity index (χ0v) is 10.6. The number of aromatic nitrogens is 5. The fraction of sp³-hybridized carbons (Fsp3) is 0.167. The molecular weight excluding hydrogens is 246 g/mol. The number of rotatable bonds is 2. The Balaban J connectivity index is 2.23. The summed E-state index contributed by atoms with van der Waals surface area (Å²) in [4.78, 5) is 12.8. The van der Waals surface area contributed by atoms with E-state index in [0.29, 0.717) is 4.64 Å². The molecule has 0 atom stereocenters. The van der Waals surface area contributed by atoms with Crippen molar-refractivity contribution in [1.29, 1.82) is 0 Å². The van der Waals surface area contributed by atoms with E-state index in [0.717, 1.165) is 29.1 Å². The van der Waals surface area contributed by atoms with Crippen molar-refractivity contribution in [3.63, 3.8) is 0 Å². The number of hydrogen-bond donors (Lipinski definition) is 1. The Morgan fingerprint density at radius 2 is 2.22 bits per heavy atom. The second kappa shape index (κ2) is 4.30. The van der Waals surface area contributed by atoms with Crippen LogP contribution in [-0.2, 0) is 6.42 Å². The molecule has 90 valence electrons. The third kappa shape index (κ3) is 1.80. The molecule has 3 heterocycles. The molecule has 0 aliphatic heterocycles. The molecular formula is C12H11N5S. The van der Waals surface area contributed by atoms with Crippen LogP contribution in [0.15, 0.2) is 30.7 Å². The Hall–Kier alpha value is -2.08. The van der Waals surface area contributed by atoms with Gasteiger partial charge in [0.1, 0.15) is 10.3 Å². The second-order valence-electron chi connectivity index (χ2n) is 3.89. The topological polar surface area (TPSA) is 58.9 Å². The first-order chi connectivity index (χ1) is 8.78. The van der Waals surface area contributed by atoms with E-state index in [1.54, 1.807) is 23.1 Å². The van der Waals surface area contributed by atoms with E-state index in [-0.39, 0.29) is 0 Å².